The highest BCUT2D eigenvalue weighted by molar-refractivity contribution is 7.98. The van der Waals surface area contributed by atoms with Crippen molar-refractivity contribution in [3.05, 3.63) is 60.3 Å². The molecule has 1 heterocycles. The lowest BCUT2D eigenvalue weighted by atomic mass is 10.1. The number of fused-ring (bicyclic) bond motifs is 1. The Kier molecular flexibility index (Phi) is 3.97. The van der Waals surface area contributed by atoms with Gasteiger partial charge in [0.1, 0.15) is 5.75 Å². The molecule has 2 N–H and O–H groups in total. The highest BCUT2D eigenvalue weighted by Crippen LogP contribution is 2.32. The molecule has 1 aromatic heterocycles. The molecule has 21 heavy (non-hydrogen) atoms. The number of ether oxygens (including phenoxy) is 1. The van der Waals surface area contributed by atoms with Gasteiger partial charge in [-0.2, -0.15) is 0 Å². The first-order valence-electron chi connectivity index (χ1n) is 6.67. The summed E-state index contributed by atoms with van der Waals surface area (Å²) < 4.78 is 5.25. The topological polar surface area (TPSA) is 48.1 Å². The number of nitrogens with zero attached hydrogens (tertiary/aromatic N) is 1. The maximum atomic E-state index is 6.03. The van der Waals surface area contributed by atoms with Crippen LogP contribution in [0.2, 0.25) is 0 Å². The standard InChI is InChI=1S/C17H16N2OS/c1-20-14-7-8-15(18)16(10-14)21-11-13-5-2-4-12-6-3-9-19-17(12)13/h2-10H,11,18H2,1H3. The molecule has 0 unspecified atom stereocenters. The van der Waals surface area contributed by atoms with Crippen LogP contribution in [0.25, 0.3) is 10.9 Å². The van der Waals surface area contributed by atoms with E-state index in [9.17, 15) is 0 Å². The molecule has 0 saturated carbocycles. The van der Waals surface area contributed by atoms with Crippen molar-refractivity contribution in [2.75, 3.05) is 12.8 Å². The van der Waals surface area contributed by atoms with Gasteiger partial charge in [0.15, 0.2) is 0 Å². The second kappa shape index (κ2) is 6.06. The van der Waals surface area contributed by atoms with Crippen LogP contribution in [0.5, 0.6) is 5.75 Å². The minimum atomic E-state index is 0.772. The van der Waals surface area contributed by atoms with Crippen LogP contribution in [0.15, 0.2) is 59.6 Å². The second-order valence-corrected chi connectivity index (χ2v) is 5.70. The summed E-state index contributed by atoms with van der Waals surface area (Å²) in [6.07, 6.45) is 1.83. The Hall–Kier alpha value is -2.20. The number of hydrogen-bond donors (Lipinski definition) is 1. The molecule has 0 aliphatic heterocycles. The van der Waals surface area contributed by atoms with Gasteiger partial charge in [0.05, 0.1) is 12.6 Å². The first kappa shape index (κ1) is 13.8. The van der Waals surface area contributed by atoms with Crippen molar-refractivity contribution < 1.29 is 4.74 Å². The monoisotopic (exact) mass is 296 g/mol. The molecular weight excluding hydrogens is 280 g/mol. The van der Waals surface area contributed by atoms with E-state index in [1.54, 1.807) is 18.9 Å². The van der Waals surface area contributed by atoms with Crippen molar-refractivity contribution in [3.8, 4) is 5.75 Å². The van der Waals surface area contributed by atoms with E-state index in [0.717, 1.165) is 33.0 Å². The second-order valence-electron chi connectivity index (χ2n) is 4.68. The Morgan fingerprint density at radius 3 is 2.86 bits per heavy atom. The first-order chi connectivity index (χ1) is 10.3. The Labute approximate surface area is 128 Å². The van der Waals surface area contributed by atoms with Gasteiger partial charge in [-0.25, -0.2) is 0 Å². The Morgan fingerprint density at radius 1 is 1.14 bits per heavy atom. The summed E-state index contributed by atoms with van der Waals surface area (Å²) in [4.78, 5) is 5.51. The third-order valence-electron chi connectivity index (χ3n) is 3.32. The zero-order valence-corrected chi connectivity index (χ0v) is 12.6. The SMILES string of the molecule is COc1ccc(N)c(SCc2cccc3cccnc23)c1. The van der Waals surface area contributed by atoms with Crippen LogP contribution in [0.1, 0.15) is 5.56 Å². The van der Waals surface area contributed by atoms with Crippen LogP contribution in [0.4, 0.5) is 5.69 Å². The van der Waals surface area contributed by atoms with E-state index >= 15 is 0 Å². The van der Waals surface area contributed by atoms with Crippen molar-refractivity contribution >= 4 is 28.4 Å². The molecule has 3 rings (SSSR count). The van der Waals surface area contributed by atoms with Crippen LogP contribution in [-0.4, -0.2) is 12.1 Å². The van der Waals surface area contributed by atoms with Crippen LogP contribution in [-0.2, 0) is 5.75 Å². The molecule has 4 heteroatoms. The van der Waals surface area contributed by atoms with Crippen molar-refractivity contribution in [1.82, 2.24) is 4.98 Å². The van der Waals surface area contributed by atoms with E-state index in [1.807, 2.05) is 30.5 Å². The molecule has 3 aromatic rings. The van der Waals surface area contributed by atoms with Crippen LogP contribution < -0.4 is 10.5 Å². The number of thioether (sulfide) groups is 1. The molecule has 106 valence electrons. The fourth-order valence-corrected chi connectivity index (χ4v) is 3.18. The van der Waals surface area contributed by atoms with Gasteiger partial charge in [-0.1, -0.05) is 24.3 Å². The van der Waals surface area contributed by atoms with E-state index < -0.39 is 0 Å². The quantitative estimate of drug-likeness (QED) is 0.581. The Balaban J connectivity index is 1.87. The fraction of sp³-hybridized carbons (Fsp3) is 0.118. The molecule has 0 atom stereocenters. The van der Waals surface area contributed by atoms with Crippen molar-refractivity contribution in [2.45, 2.75) is 10.6 Å². The predicted molar refractivity (Wildman–Crippen MR) is 88.7 cm³/mol. The third-order valence-corrected chi connectivity index (χ3v) is 4.44. The van der Waals surface area contributed by atoms with E-state index in [2.05, 4.69) is 29.2 Å². The normalized spacial score (nSPS) is 10.7. The number of rotatable bonds is 4. The highest BCUT2D eigenvalue weighted by atomic mass is 32.2. The summed E-state index contributed by atoms with van der Waals surface area (Å²) >= 11 is 1.70. The fourth-order valence-electron chi connectivity index (χ4n) is 2.21. The van der Waals surface area contributed by atoms with Gasteiger partial charge in [0.25, 0.3) is 0 Å². The number of pyridine rings is 1. The smallest absolute Gasteiger partial charge is 0.120 e. The maximum Gasteiger partial charge on any atom is 0.120 e. The van der Waals surface area contributed by atoms with Crippen LogP contribution in [0.3, 0.4) is 0 Å². The number of nitrogens with two attached hydrogens (primary N) is 1. The van der Waals surface area contributed by atoms with Crippen molar-refractivity contribution in [1.29, 1.82) is 0 Å². The molecule has 0 saturated heterocycles. The Bertz CT molecular complexity index is 768. The zero-order valence-electron chi connectivity index (χ0n) is 11.7. The predicted octanol–water partition coefficient (Wildman–Crippen LogP) is 4.12. The molecular formula is C17H16N2OS. The van der Waals surface area contributed by atoms with Crippen molar-refractivity contribution in [2.24, 2.45) is 0 Å². The zero-order chi connectivity index (χ0) is 14.7. The lowest BCUT2D eigenvalue weighted by Crippen LogP contribution is -1.92. The summed E-state index contributed by atoms with van der Waals surface area (Å²) in [5, 5.41) is 1.16. The number of methoxy groups -OCH3 is 1. The summed E-state index contributed by atoms with van der Waals surface area (Å²) in [7, 11) is 1.66. The number of benzene rings is 2. The lowest BCUT2D eigenvalue weighted by molar-refractivity contribution is 0.414. The van der Waals surface area contributed by atoms with Gasteiger partial charge in [-0.05, 0) is 29.8 Å². The minimum Gasteiger partial charge on any atom is -0.497 e. The van der Waals surface area contributed by atoms with Crippen molar-refractivity contribution in [3.63, 3.8) is 0 Å². The molecule has 0 radical (unpaired) electrons. The molecule has 3 nitrogen and oxygen atoms in total. The summed E-state index contributed by atoms with van der Waals surface area (Å²) in [6, 6.07) is 16.0. The van der Waals surface area contributed by atoms with E-state index in [4.69, 9.17) is 10.5 Å². The van der Waals surface area contributed by atoms with E-state index in [1.165, 1.54) is 5.56 Å². The molecule has 0 spiro atoms. The van der Waals surface area contributed by atoms with E-state index in [-0.39, 0.29) is 0 Å². The average molecular weight is 296 g/mol. The maximum absolute atomic E-state index is 6.03. The average Bonchev–Trinajstić information content (AvgIpc) is 2.54. The summed E-state index contributed by atoms with van der Waals surface area (Å²) in [5.74, 6) is 1.65. The molecule has 2 aromatic carbocycles. The number of para-hydroxylation sites is 1. The highest BCUT2D eigenvalue weighted by Gasteiger charge is 2.06. The number of anilines is 1. The molecule has 0 amide bonds. The van der Waals surface area contributed by atoms with Crippen LogP contribution >= 0.6 is 11.8 Å². The molecule has 0 aliphatic rings. The van der Waals surface area contributed by atoms with Crippen LogP contribution in [0, 0.1) is 0 Å². The van der Waals surface area contributed by atoms with E-state index in [0.29, 0.717) is 0 Å². The largest absolute Gasteiger partial charge is 0.497 e. The number of hydrogen-bond acceptors (Lipinski definition) is 4. The first-order valence-corrected chi connectivity index (χ1v) is 7.65. The third kappa shape index (κ3) is 2.95. The minimum absolute atomic E-state index is 0.772. The molecule has 0 fully saturated rings. The van der Waals surface area contributed by atoms with Gasteiger partial charge in [-0.3, -0.25) is 4.98 Å². The summed E-state index contributed by atoms with van der Waals surface area (Å²) in [5.41, 5.74) is 9.06. The van der Waals surface area contributed by atoms with Gasteiger partial charge in [0.2, 0.25) is 0 Å². The van der Waals surface area contributed by atoms with Gasteiger partial charge in [0, 0.05) is 27.9 Å². The lowest BCUT2D eigenvalue weighted by Gasteiger charge is -2.09. The molecule has 0 bridgehead atoms. The molecule has 0 aliphatic carbocycles. The Morgan fingerprint density at radius 2 is 2.00 bits per heavy atom. The number of nitrogen functional groups attached to an aromatic ring is 1. The summed E-state index contributed by atoms with van der Waals surface area (Å²) in [6.45, 7) is 0. The van der Waals surface area contributed by atoms with Gasteiger partial charge >= 0.3 is 0 Å². The number of aromatic nitrogens is 1. The van der Waals surface area contributed by atoms with Gasteiger partial charge in [-0.15, -0.1) is 11.8 Å². The van der Waals surface area contributed by atoms with Gasteiger partial charge < -0.3 is 10.5 Å².